The maximum atomic E-state index is 11.1. The van der Waals surface area contributed by atoms with Crippen molar-refractivity contribution in [2.45, 2.75) is 6.92 Å². The highest BCUT2D eigenvalue weighted by Gasteiger charge is 2.08. The minimum Gasteiger partial charge on any atom is -0.481 e. The molecule has 2 aromatic rings. The number of rotatable bonds is 2. The average Bonchev–Trinajstić information content (AvgIpc) is 2.32. The second-order valence-corrected chi connectivity index (χ2v) is 3.93. The number of nitrogens with one attached hydrogen (secondary N) is 1. The van der Waals surface area contributed by atoms with Crippen LogP contribution in [0.15, 0.2) is 24.3 Å². The first kappa shape index (κ1) is 11.7. The largest absolute Gasteiger partial charge is 0.481 e. The van der Waals surface area contributed by atoms with Crippen molar-refractivity contribution in [2.75, 3.05) is 12.4 Å². The van der Waals surface area contributed by atoms with E-state index < -0.39 is 0 Å². The fourth-order valence-electron chi connectivity index (χ4n) is 1.57. The van der Waals surface area contributed by atoms with Crippen LogP contribution in [0.5, 0.6) is 5.88 Å². The van der Waals surface area contributed by atoms with Crippen molar-refractivity contribution in [3.05, 3.63) is 29.3 Å². The molecule has 0 saturated heterocycles. The van der Waals surface area contributed by atoms with Crippen LogP contribution in [-0.4, -0.2) is 18.0 Å². The predicted octanol–water partition coefficient (Wildman–Crippen LogP) is 2.86. The smallest absolute Gasteiger partial charge is 0.221 e. The molecule has 1 aromatic heterocycles. The molecule has 0 saturated carbocycles. The summed E-state index contributed by atoms with van der Waals surface area (Å²) in [6, 6.07) is 6.99. The molecule has 17 heavy (non-hydrogen) atoms. The van der Waals surface area contributed by atoms with Gasteiger partial charge in [-0.05, 0) is 18.2 Å². The van der Waals surface area contributed by atoms with E-state index in [9.17, 15) is 4.79 Å². The summed E-state index contributed by atoms with van der Waals surface area (Å²) in [5, 5.41) is 4.07. The van der Waals surface area contributed by atoms with Crippen molar-refractivity contribution in [3.8, 4) is 5.88 Å². The lowest BCUT2D eigenvalue weighted by molar-refractivity contribution is -0.114. The van der Waals surface area contributed by atoms with Gasteiger partial charge in [-0.15, -0.1) is 0 Å². The minimum absolute atomic E-state index is 0.154. The Balaban J connectivity index is 2.67. The molecule has 0 atom stereocenters. The highest BCUT2D eigenvalue weighted by molar-refractivity contribution is 6.36. The molecule has 1 aromatic carbocycles. The molecule has 1 amide bonds. The summed E-state index contributed by atoms with van der Waals surface area (Å²) in [6.07, 6.45) is 0. The molecule has 0 radical (unpaired) electrons. The Labute approximate surface area is 104 Å². The van der Waals surface area contributed by atoms with Gasteiger partial charge in [0.05, 0.1) is 23.3 Å². The van der Waals surface area contributed by atoms with E-state index in [0.717, 1.165) is 5.39 Å². The number of methoxy groups -OCH3 is 1. The molecular formula is C12H11ClN2O2. The number of anilines is 1. The summed E-state index contributed by atoms with van der Waals surface area (Å²) in [6.45, 7) is 1.45. The van der Waals surface area contributed by atoms with Crippen molar-refractivity contribution < 1.29 is 9.53 Å². The molecule has 5 heteroatoms. The van der Waals surface area contributed by atoms with Crippen LogP contribution < -0.4 is 10.1 Å². The van der Waals surface area contributed by atoms with Gasteiger partial charge in [0, 0.05) is 18.4 Å². The maximum absolute atomic E-state index is 11.1. The van der Waals surface area contributed by atoms with Gasteiger partial charge in [0.2, 0.25) is 11.8 Å². The first-order chi connectivity index (χ1) is 8.11. The molecule has 0 aliphatic rings. The van der Waals surface area contributed by atoms with Crippen molar-refractivity contribution in [2.24, 2.45) is 0 Å². The zero-order valence-electron chi connectivity index (χ0n) is 9.45. The van der Waals surface area contributed by atoms with Gasteiger partial charge in [-0.1, -0.05) is 11.6 Å². The summed E-state index contributed by atoms with van der Waals surface area (Å²) < 4.78 is 5.06. The van der Waals surface area contributed by atoms with Gasteiger partial charge in [-0.3, -0.25) is 4.79 Å². The second kappa shape index (κ2) is 4.59. The topological polar surface area (TPSA) is 51.2 Å². The summed E-state index contributed by atoms with van der Waals surface area (Å²) in [7, 11) is 1.54. The van der Waals surface area contributed by atoms with Crippen LogP contribution in [0.25, 0.3) is 10.9 Å². The Morgan fingerprint density at radius 2 is 2.12 bits per heavy atom. The normalized spacial score (nSPS) is 10.3. The molecule has 0 spiro atoms. The summed E-state index contributed by atoms with van der Waals surface area (Å²) in [5.74, 6) is 0.324. The van der Waals surface area contributed by atoms with Crippen molar-refractivity contribution >= 4 is 34.1 Å². The van der Waals surface area contributed by atoms with Gasteiger partial charge >= 0.3 is 0 Å². The van der Waals surface area contributed by atoms with E-state index in [1.165, 1.54) is 14.0 Å². The van der Waals surface area contributed by atoms with Crippen LogP contribution in [0.3, 0.4) is 0 Å². The number of hydrogen-bond donors (Lipinski definition) is 1. The number of halogens is 1. The molecular weight excluding hydrogens is 240 g/mol. The van der Waals surface area contributed by atoms with Crippen LogP contribution >= 0.6 is 11.6 Å². The fraction of sp³-hybridized carbons (Fsp3) is 0.167. The van der Waals surface area contributed by atoms with Crippen LogP contribution in [0.1, 0.15) is 6.92 Å². The van der Waals surface area contributed by atoms with E-state index in [-0.39, 0.29) is 5.91 Å². The highest BCUT2D eigenvalue weighted by Crippen LogP contribution is 2.30. The summed E-state index contributed by atoms with van der Waals surface area (Å²) >= 11 is 6.07. The number of benzene rings is 1. The van der Waals surface area contributed by atoms with E-state index >= 15 is 0 Å². The lowest BCUT2D eigenvalue weighted by Crippen LogP contribution is -2.06. The van der Waals surface area contributed by atoms with Crippen LogP contribution in [-0.2, 0) is 4.79 Å². The van der Waals surface area contributed by atoms with Gasteiger partial charge in [-0.25, -0.2) is 4.98 Å². The third-order valence-corrected chi connectivity index (χ3v) is 2.63. The molecule has 0 bridgehead atoms. The van der Waals surface area contributed by atoms with Crippen molar-refractivity contribution in [1.29, 1.82) is 0 Å². The quantitative estimate of drug-likeness (QED) is 0.892. The van der Waals surface area contributed by atoms with E-state index in [4.69, 9.17) is 16.3 Å². The Morgan fingerprint density at radius 3 is 2.76 bits per heavy atom. The average molecular weight is 251 g/mol. The molecule has 0 fully saturated rings. The monoisotopic (exact) mass is 250 g/mol. The van der Waals surface area contributed by atoms with E-state index in [2.05, 4.69) is 10.3 Å². The van der Waals surface area contributed by atoms with Gasteiger partial charge in [0.15, 0.2) is 0 Å². The van der Waals surface area contributed by atoms with Crippen molar-refractivity contribution in [1.82, 2.24) is 4.98 Å². The van der Waals surface area contributed by atoms with Crippen LogP contribution in [0, 0.1) is 0 Å². The Bertz CT molecular complexity index is 584. The van der Waals surface area contributed by atoms with Gasteiger partial charge in [0.25, 0.3) is 0 Å². The lowest BCUT2D eigenvalue weighted by atomic mass is 10.2. The molecule has 1 heterocycles. The zero-order chi connectivity index (χ0) is 12.4. The molecule has 4 nitrogen and oxygen atoms in total. The number of pyridine rings is 1. The molecule has 1 N–H and O–H groups in total. The third-order valence-electron chi connectivity index (χ3n) is 2.30. The number of aromatic nitrogens is 1. The van der Waals surface area contributed by atoms with E-state index in [1.54, 1.807) is 18.2 Å². The van der Waals surface area contributed by atoms with Gasteiger partial charge < -0.3 is 10.1 Å². The van der Waals surface area contributed by atoms with Gasteiger partial charge in [-0.2, -0.15) is 0 Å². The second-order valence-electron chi connectivity index (χ2n) is 3.53. The third kappa shape index (κ3) is 2.31. The summed E-state index contributed by atoms with van der Waals surface area (Å²) in [5.41, 5.74) is 1.24. The minimum atomic E-state index is -0.154. The first-order valence-electron chi connectivity index (χ1n) is 5.02. The number of hydrogen-bond acceptors (Lipinski definition) is 3. The fourth-order valence-corrected chi connectivity index (χ4v) is 1.78. The molecule has 0 aliphatic carbocycles. The SMILES string of the molecule is COc1ccc2c(Cl)ccc(NC(C)=O)c2n1. The Hall–Kier alpha value is -1.81. The van der Waals surface area contributed by atoms with E-state index in [1.807, 2.05) is 6.07 Å². The Morgan fingerprint density at radius 1 is 1.35 bits per heavy atom. The summed E-state index contributed by atoms with van der Waals surface area (Å²) in [4.78, 5) is 15.4. The number of fused-ring (bicyclic) bond motifs is 1. The standard InChI is InChI=1S/C12H11ClN2O2/c1-7(16)14-10-5-4-9(13)8-3-6-11(17-2)15-12(8)10/h3-6H,1-2H3,(H,14,16). The number of carbonyl (C=O) groups is 1. The molecule has 0 unspecified atom stereocenters. The number of amides is 1. The maximum Gasteiger partial charge on any atom is 0.221 e. The zero-order valence-corrected chi connectivity index (χ0v) is 10.2. The van der Waals surface area contributed by atoms with Crippen LogP contribution in [0.4, 0.5) is 5.69 Å². The van der Waals surface area contributed by atoms with Crippen molar-refractivity contribution in [3.63, 3.8) is 0 Å². The highest BCUT2D eigenvalue weighted by atomic mass is 35.5. The number of nitrogens with zero attached hydrogens (tertiary/aromatic N) is 1. The number of ether oxygens (including phenoxy) is 1. The first-order valence-corrected chi connectivity index (χ1v) is 5.40. The Kier molecular flexibility index (Phi) is 3.15. The molecule has 88 valence electrons. The number of carbonyl (C=O) groups excluding carboxylic acids is 1. The van der Waals surface area contributed by atoms with Crippen LogP contribution in [0.2, 0.25) is 5.02 Å². The lowest BCUT2D eigenvalue weighted by Gasteiger charge is -2.08. The molecule has 2 rings (SSSR count). The van der Waals surface area contributed by atoms with Gasteiger partial charge in [0.1, 0.15) is 0 Å². The predicted molar refractivity (Wildman–Crippen MR) is 67.6 cm³/mol. The van der Waals surface area contributed by atoms with E-state index in [0.29, 0.717) is 22.1 Å². The molecule has 0 aliphatic heterocycles.